The maximum absolute atomic E-state index is 11.2. The van der Waals surface area contributed by atoms with E-state index in [-0.39, 0.29) is 23.2 Å². The summed E-state index contributed by atoms with van der Waals surface area (Å²) in [5.74, 6) is 0. The van der Waals surface area contributed by atoms with Gasteiger partial charge < -0.3 is 9.53 Å². The summed E-state index contributed by atoms with van der Waals surface area (Å²) in [5, 5.41) is 9.37. The fraction of sp³-hybridized carbons (Fsp3) is 0.769. The molecule has 2 heterocycles. The van der Waals surface area contributed by atoms with Crippen LogP contribution in [0.25, 0.3) is 0 Å². The molecule has 102 valence electrons. The Balaban J connectivity index is 2.10. The number of hydrogen-bond donors (Lipinski definition) is 1. The predicted molar refractivity (Wildman–Crippen MR) is 73.3 cm³/mol. The lowest BCUT2D eigenvalue weighted by Gasteiger charge is -2.39. The standard InChI is InChI=1S/C13H23NO3Si/c1-13(2,3)18(4,5)17-11-8-9-6-7-10(11)14(9)12(15)16/h6-7,9-11H,8H2,1-5H3,(H,15,16). The van der Waals surface area contributed by atoms with Gasteiger partial charge in [0, 0.05) is 0 Å². The number of carboxylic acid groups (broad SMARTS) is 1. The molecule has 0 aromatic rings. The summed E-state index contributed by atoms with van der Waals surface area (Å²) >= 11 is 0. The SMILES string of the molecule is CC(C)(C)[Si](C)(C)OC1CC2C=CC1N2C(=O)O. The molecule has 0 aromatic heterocycles. The summed E-state index contributed by atoms with van der Waals surface area (Å²) in [5.41, 5.74) is 0. The van der Waals surface area contributed by atoms with Crippen molar-refractivity contribution in [3.8, 4) is 0 Å². The van der Waals surface area contributed by atoms with Crippen LogP contribution < -0.4 is 0 Å². The average molecular weight is 269 g/mol. The largest absolute Gasteiger partial charge is 0.465 e. The van der Waals surface area contributed by atoms with Gasteiger partial charge in [0.1, 0.15) is 0 Å². The topological polar surface area (TPSA) is 49.8 Å². The molecule has 1 N–H and O–H groups in total. The van der Waals surface area contributed by atoms with Crippen molar-refractivity contribution in [2.24, 2.45) is 0 Å². The minimum absolute atomic E-state index is 0.0160. The van der Waals surface area contributed by atoms with E-state index < -0.39 is 14.4 Å². The summed E-state index contributed by atoms with van der Waals surface area (Å²) in [6, 6.07) is -0.0658. The Morgan fingerprint density at radius 3 is 2.44 bits per heavy atom. The van der Waals surface area contributed by atoms with Crippen molar-refractivity contribution in [2.45, 2.75) is 63.5 Å². The van der Waals surface area contributed by atoms with Crippen molar-refractivity contribution in [2.75, 3.05) is 0 Å². The van der Waals surface area contributed by atoms with Crippen molar-refractivity contribution >= 4 is 14.4 Å². The Bertz CT molecular complexity index is 386. The normalized spacial score (nSPS) is 31.2. The molecule has 0 spiro atoms. The molecule has 1 saturated heterocycles. The molecule has 2 bridgehead atoms. The lowest BCUT2D eigenvalue weighted by molar-refractivity contribution is 0.121. The maximum Gasteiger partial charge on any atom is 0.408 e. The van der Waals surface area contributed by atoms with Gasteiger partial charge in [-0.15, -0.1) is 0 Å². The molecule has 4 nitrogen and oxygen atoms in total. The van der Waals surface area contributed by atoms with Crippen LogP contribution in [0.15, 0.2) is 12.2 Å². The Morgan fingerprint density at radius 1 is 1.39 bits per heavy atom. The van der Waals surface area contributed by atoms with Gasteiger partial charge in [-0.2, -0.15) is 0 Å². The number of amides is 1. The first-order valence-electron chi connectivity index (χ1n) is 6.51. The highest BCUT2D eigenvalue weighted by Crippen LogP contribution is 2.42. The van der Waals surface area contributed by atoms with Gasteiger partial charge in [0.2, 0.25) is 0 Å². The van der Waals surface area contributed by atoms with E-state index in [0.717, 1.165) is 6.42 Å². The minimum atomic E-state index is -1.83. The minimum Gasteiger partial charge on any atom is -0.465 e. The van der Waals surface area contributed by atoms with E-state index in [1.807, 2.05) is 12.2 Å². The third-order valence-electron chi connectivity index (χ3n) is 4.54. The number of hydrogen-bond acceptors (Lipinski definition) is 2. The molecule has 3 atom stereocenters. The van der Waals surface area contributed by atoms with Gasteiger partial charge in [-0.05, 0) is 24.6 Å². The monoisotopic (exact) mass is 269 g/mol. The molecule has 0 radical (unpaired) electrons. The second kappa shape index (κ2) is 4.10. The van der Waals surface area contributed by atoms with Crippen molar-refractivity contribution < 1.29 is 14.3 Å². The predicted octanol–water partition coefficient (Wildman–Crippen LogP) is 3.07. The second-order valence-corrected chi connectivity index (χ2v) is 11.5. The summed E-state index contributed by atoms with van der Waals surface area (Å²) in [6.45, 7) is 11.0. The molecule has 3 unspecified atom stereocenters. The molecule has 1 amide bonds. The van der Waals surface area contributed by atoms with Crippen molar-refractivity contribution in [3.05, 3.63) is 12.2 Å². The summed E-state index contributed by atoms with van der Waals surface area (Å²) in [4.78, 5) is 12.7. The Hall–Kier alpha value is -0.813. The van der Waals surface area contributed by atoms with Crippen LogP contribution in [-0.2, 0) is 4.43 Å². The van der Waals surface area contributed by atoms with E-state index in [9.17, 15) is 9.90 Å². The summed E-state index contributed by atoms with van der Waals surface area (Å²) in [6.07, 6.45) is 3.98. The van der Waals surface area contributed by atoms with Crippen molar-refractivity contribution in [1.82, 2.24) is 4.90 Å². The molecular weight excluding hydrogens is 246 g/mol. The van der Waals surface area contributed by atoms with Crippen LogP contribution in [0, 0.1) is 0 Å². The first kappa shape index (κ1) is 13.6. The molecule has 5 heteroatoms. The molecule has 2 aliphatic heterocycles. The number of fused-ring (bicyclic) bond motifs is 2. The van der Waals surface area contributed by atoms with Crippen LogP contribution in [0.1, 0.15) is 27.2 Å². The van der Waals surface area contributed by atoms with E-state index in [1.54, 1.807) is 0 Å². The fourth-order valence-corrected chi connectivity index (χ4v) is 3.81. The van der Waals surface area contributed by atoms with Crippen LogP contribution in [-0.4, -0.2) is 42.6 Å². The first-order valence-corrected chi connectivity index (χ1v) is 9.42. The Labute approximate surface area is 110 Å². The molecule has 0 aromatic carbocycles. The molecule has 1 fully saturated rings. The Morgan fingerprint density at radius 2 is 2.00 bits per heavy atom. The van der Waals surface area contributed by atoms with Crippen LogP contribution in [0.3, 0.4) is 0 Å². The zero-order valence-corrected chi connectivity index (χ0v) is 12.8. The highest BCUT2D eigenvalue weighted by atomic mass is 28.4. The van der Waals surface area contributed by atoms with E-state index >= 15 is 0 Å². The van der Waals surface area contributed by atoms with E-state index in [4.69, 9.17) is 4.43 Å². The molecule has 0 aliphatic carbocycles. The van der Waals surface area contributed by atoms with Crippen molar-refractivity contribution in [1.29, 1.82) is 0 Å². The van der Waals surface area contributed by atoms with Crippen molar-refractivity contribution in [3.63, 3.8) is 0 Å². The fourth-order valence-electron chi connectivity index (χ4n) is 2.46. The van der Waals surface area contributed by atoms with Gasteiger partial charge >= 0.3 is 6.09 Å². The number of carbonyl (C=O) groups is 1. The zero-order valence-electron chi connectivity index (χ0n) is 11.8. The number of rotatable bonds is 2. The lowest BCUT2D eigenvalue weighted by Crippen LogP contribution is -2.47. The lowest BCUT2D eigenvalue weighted by atomic mass is 10.1. The average Bonchev–Trinajstić information content (AvgIpc) is 2.71. The molecular formula is C13H23NO3Si. The number of nitrogens with zero attached hydrogens (tertiary/aromatic N) is 1. The van der Waals surface area contributed by atoms with Gasteiger partial charge in [-0.3, -0.25) is 4.90 Å². The molecule has 0 saturated carbocycles. The van der Waals surface area contributed by atoms with Crippen LogP contribution >= 0.6 is 0 Å². The van der Waals surface area contributed by atoms with Gasteiger partial charge in [0.05, 0.1) is 18.2 Å². The second-order valence-electron chi connectivity index (χ2n) is 6.79. The summed E-state index contributed by atoms with van der Waals surface area (Å²) in [7, 11) is -1.83. The van der Waals surface area contributed by atoms with Gasteiger partial charge in [-0.25, -0.2) is 4.79 Å². The Kier molecular flexibility index (Phi) is 3.10. The quantitative estimate of drug-likeness (QED) is 0.619. The maximum atomic E-state index is 11.2. The highest BCUT2D eigenvalue weighted by molar-refractivity contribution is 6.74. The first-order chi connectivity index (χ1) is 8.13. The highest BCUT2D eigenvalue weighted by Gasteiger charge is 2.49. The smallest absolute Gasteiger partial charge is 0.408 e. The van der Waals surface area contributed by atoms with Crippen LogP contribution in [0.2, 0.25) is 18.1 Å². The summed E-state index contributed by atoms with van der Waals surface area (Å²) < 4.78 is 6.36. The van der Waals surface area contributed by atoms with E-state index in [2.05, 4.69) is 33.9 Å². The molecule has 2 rings (SSSR count). The van der Waals surface area contributed by atoms with Crippen LogP contribution in [0.5, 0.6) is 0 Å². The van der Waals surface area contributed by atoms with Gasteiger partial charge in [0.25, 0.3) is 0 Å². The van der Waals surface area contributed by atoms with Gasteiger partial charge in [-0.1, -0.05) is 32.9 Å². The molecule has 18 heavy (non-hydrogen) atoms. The zero-order chi connectivity index (χ0) is 13.7. The third-order valence-corrected chi connectivity index (χ3v) is 9.04. The van der Waals surface area contributed by atoms with E-state index in [0.29, 0.717) is 0 Å². The third kappa shape index (κ3) is 2.10. The van der Waals surface area contributed by atoms with E-state index in [1.165, 1.54) is 4.90 Å². The van der Waals surface area contributed by atoms with Gasteiger partial charge in [0.15, 0.2) is 8.32 Å². The van der Waals surface area contributed by atoms with Crippen LogP contribution in [0.4, 0.5) is 4.79 Å². The molecule has 2 aliphatic rings.